The third kappa shape index (κ3) is 2.29. The van der Waals surface area contributed by atoms with Crippen LogP contribution in [0.3, 0.4) is 0 Å². The summed E-state index contributed by atoms with van der Waals surface area (Å²) < 4.78 is 28.4. The molecule has 0 aliphatic heterocycles. The van der Waals surface area contributed by atoms with Crippen LogP contribution < -0.4 is 5.73 Å². The van der Waals surface area contributed by atoms with Gasteiger partial charge in [0.05, 0.1) is 5.52 Å². The first-order valence-corrected chi connectivity index (χ1v) is 5.91. The second-order valence-corrected chi connectivity index (χ2v) is 4.54. The fraction of sp³-hybridized carbons (Fsp3) is 0.0667. The number of halogens is 2. The van der Waals surface area contributed by atoms with Crippen molar-refractivity contribution < 1.29 is 8.78 Å². The van der Waals surface area contributed by atoms with Gasteiger partial charge in [0.1, 0.15) is 11.6 Å². The Morgan fingerprint density at radius 1 is 0.947 bits per heavy atom. The van der Waals surface area contributed by atoms with Gasteiger partial charge in [-0.3, -0.25) is 0 Å². The van der Waals surface area contributed by atoms with Crippen LogP contribution in [0, 0.1) is 11.6 Å². The molecule has 3 rings (SSSR count). The molecule has 3 aromatic rings. The Morgan fingerprint density at radius 3 is 2.58 bits per heavy atom. The Morgan fingerprint density at radius 2 is 1.79 bits per heavy atom. The van der Waals surface area contributed by atoms with Crippen LogP contribution >= 0.6 is 0 Å². The van der Waals surface area contributed by atoms with Gasteiger partial charge in [-0.25, -0.2) is 8.78 Å². The van der Waals surface area contributed by atoms with Crippen molar-refractivity contribution in [3.63, 3.8) is 0 Å². The van der Waals surface area contributed by atoms with Gasteiger partial charge in [-0.15, -0.1) is 0 Å². The van der Waals surface area contributed by atoms with Crippen molar-refractivity contribution in [1.82, 2.24) is 4.57 Å². The average molecular weight is 258 g/mol. The zero-order chi connectivity index (χ0) is 13.4. The number of aromatic nitrogens is 1. The zero-order valence-electron chi connectivity index (χ0n) is 10.1. The highest BCUT2D eigenvalue weighted by atomic mass is 19.1. The minimum Gasteiger partial charge on any atom is -0.399 e. The minimum atomic E-state index is -0.363. The first-order chi connectivity index (χ1) is 9.11. The number of hydrogen-bond acceptors (Lipinski definition) is 1. The van der Waals surface area contributed by atoms with E-state index in [0.717, 1.165) is 16.5 Å². The van der Waals surface area contributed by atoms with Crippen molar-refractivity contribution in [3.8, 4) is 0 Å². The van der Waals surface area contributed by atoms with Gasteiger partial charge in [-0.2, -0.15) is 0 Å². The predicted molar refractivity (Wildman–Crippen MR) is 71.8 cm³/mol. The molecule has 0 aliphatic carbocycles. The smallest absolute Gasteiger partial charge is 0.125 e. The Hall–Kier alpha value is -2.36. The van der Waals surface area contributed by atoms with E-state index >= 15 is 0 Å². The molecule has 0 saturated heterocycles. The summed E-state index contributed by atoms with van der Waals surface area (Å²) >= 11 is 0. The van der Waals surface area contributed by atoms with E-state index < -0.39 is 0 Å². The maximum Gasteiger partial charge on any atom is 0.125 e. The van der Waals surface area contributed by atoms with Crippen molar-refractivity contribution in [2.24, 2.45) is 0 Å². The molecule has 0 radical (unpaired) electrons. The molecular formula is C15H12F2N2. The van der Waals surface area contributed by atoms with Crippen LogP contribution in [0.25, 0.3) is 10.9 Å². The quantitative estimate of drug-likeness (QED) is 0.700. The average Bonchev–Trinajstić information content (AvgIpc) is 2.70. The standard InChI is InChI=1S/C15H12F2N2/c16-12-2-1-11-3-4-19(15(11)8-12)9-10-5-13(17)7-14(18)6-10/h1-8H,9,18H2. The number of anilines is 1. The lowest BCUT2D eigenvalue weighted by atomic mass is 10.2. The van der Waals surface area contributed by atoms with Crippen LogP contribution in [-0.4, -0.2) is 4.57 Å². The van der Waals surface area contributed by atoms with Crippen LogP contribution in [0.5, 0.6) is 0 Å². The number of nitrogens with zero attached hydrogens (tertiary/aromatic N) is 1. The summed E-state index contributed by atoms with van der Waals surface area (Å²) in [5.41, 5.74) is 7.53. The number of nitrogen functional groups attached to an aromatic ring is 1. The van der Waals surface area contributed by atoms with Crippen LogP contribution in [0.4, 0.5) is 14.5 Å². The van der Waals surface area contributed by atoms with Gasteiger partial charge >= 0.3 is 0 Å². The number of rotatable bonds is 2. The molecule has 1 heterocycles. The van der Waals surface area contributed by atoms with Crippen LogP contribution in [-0.2, 0) is 6.54 Å². The van der Waals surface area contributed by atoms with E-state index in [2.05, 4.69) is 0 Å². The zero-order valence-corrected chi connectivity index (χ0v) is 10.1. The molecule has 0 spiro atoms. The highest BCUT2D eigenvalue weighted by Gasteiger charge is 2.05. The SMILES string of the molecule is Nc1cc(F)cc(Cn2ccc3ccc(F)cc32)c1. The van der Waals surface area contributed by atoms with E-state index in [0.29, 0.717) is 12.2 Å². The molecule has 0 amide bonds. The molecule has 0 saturated carbocycles. The maximum atomic E-state index is 13.3. The van der Waals surface area contributed by atoms with Crippen LogP contribution in [0.1, 0.15) is 5.56 Å². The van der Waals surface area contributed by atoms with E-state index in [1.165, 1.54) is 24.3 Å². The topological polar surface area (TPSA) is 30.9 Å². The van der Waals surface area contributed by atoms with Gasteiger partial charge in [0, 0.05) is 18.4 Å². The maximum absolute atomic E-state index is 13.3. The lowest BCUT2D eigenvalue weighted by Crippen LogP contribution is -2.00. The van der Waals surface area contributed by atoms with E-state index in [1.54, 1.807) is 12.1 Å². The fourth-order valence-corrected chi connectivity index (χ4v) is 2.26. The van der Waals surface area contributed by atoms with E-state index in [4.69, 9.17) is 5.73 Å². The first kappa shape index (κ1) is 11.7. The summed E-state index contributed by atoms with van der Waals surface area (Å²) in [4.78, 5) is 0. The number of hydrogen-bond donors (Lipinski definition) is 1. The summed E-state index contributed by atoms with van der Waals surface area (Å²) in [5.74, 6) is -0.649. The summed E-state index contributed by atoms with van der Waals surface area (Å²) in [6.07, 6.45) is 1.85. The summed E-state index contributed by atoms with van der Waals surface area (Å²) in [7, 11) is 0. The normalized spacial score (nSPS) is 11.1. The number of benzene rings is 2. The number of nitrogens with two attached hydrogens (primary N) is 1. The molecular weight excluding hydrogens is 246 g/mol. The lowest BCUT2D eigenvalue weighted by molar-refractivity contribution is 0.623. The summed E-state index contributed by atoms with van der Waals surface area (Å²) in [6.45, 7) is 0.453. The van der Waals surface area contributed by atoms with Crippen molar-refractivity contribution >= 4 is 16.6 Å². The molecule has 0 bridgehead atoms. The Bertz CT molecular complexity index is 727. The summed E-state index contributed by atoms with van der Waals surface area (Å²) in [6, 6.07) is 10.9. The number of fused-ring (bicyclic) bond motifs is 1. The van der Waals surface area contributed by atoms with Gasteiger partial charge < -0.3 is 10.3 Å². The Kier molecular flexibility index (Phi) is 2.71. The first-order valence-electron chi connectivity index (χ1n) is 5.91. The second kappa shape index (κ2) is 4.39. The van der Waals surface area contributed by atoms with Crippen LogP contribution in [0.15, 0.2) is 48.7 Å². The lowest BCUT2D eigenvalue weighted by Gasteiger charge is -2.07. The largest absolute Gasteiger partial charge is 0.399 e. The molecule has 2 aromatic carbocycles. The minimum absolute atomic E-state index is 0.286. The van der Waals surface area contributed by atoms with Gasteiger partial charge in [0.15, 0.2) is 0 Å². The monoisotopic (exact) mass is 258 g/mol. The van der Waals surface area contributed by atoms with Gasteiger partial charge in [-0.05, 0) is 53.4 Å². The third-order valence-electron chi connectivity index (χ3n) is 3.07. The molecule has 0 atom stereocenters. The highest BCUT2D eigenvalue weighted by Crippen LogP contribution is 2.19. The molecule has 0 unspecified atom stereocenters. The van der Waals surface area contributed by atoms with E-state index in [-0.39, 0.29) is 11.6 Å². The Labute approximate surface area is 109 Å². The summed E-state index contributed by atoms with van der Waals surface area (Å²) in [5, 5.41) is 0.950. The molecule has 0 fully saturated rings. The molecule has 0 aliphatic rings. The molecule has 2 N–H and O–H groups in total. The fourth-order valence-electron chi connectivity index (χ4n) is 2.26. The van der Waals surface area contributed by atoms with Gasteiger partial charge in [-0.1, -0.05) is 0 Å². The van der Waals surface area contributed by atoms with Crippen LogP contribution in [0.2, 0.25) is 0 Å². The second-order valence-electron chi connectivity index (χ2n) is 4.54. The Balaban J connectivity index is 2.03. The van der Waals surface area contributed by atoms with Gasteiger partial charge in [0.2, 0.25) is 0 Å². The van der Waals surface area contributed by atoms with E-state index in [9.17, 15) is 8.78 Å². The highest BCUT2D eigenvalue weighted by molar-refractivity contribution is 5.80. The van der Waals surface area contributed by atoms with Crippen molar-refractivity contribution in [2.75, 3.05) is 5.73 Å². The van der Waals surface area contributed by atoms with Crippen molar-refractivity contribution in [2.45, 2.75) is 6.54 Å². The van der Waals surface area contributed by atoms with E-state index in [1.807, 2.05) is 16.8 Å². The molecule has 4 heteroatoms. The van der Waals surface area contributed by atoms with Gasteiger partial charge in [0.25, 0.3) is 0 Å². The molecule has 2 nitrogen and oxygen atoms in total. The third-order valence-corrected chi connectivity index (χ3v) is 3.07. The molecule has 96 valence electrons. The van der Waals surface area contributed by atoms with Crippen molar-refractivity contribution in [1.29, 1.82) is 0 Å². The van der Waals surface area contributed by atoms with Crippen molar-refractivity contribution in [3.05, 3.63) is 65.9 Å². The molecule has 1 aromatic heterocycles. The predicted octanol–water partition coefficient (Wildman–Crippen LogP) is 3.55. The molecule has 19 heavy (non-hydrogen) atoms.